The van der Waals surface area contributed by atoms with E-state index in [-0.39, 0.29) is 0 Å². The molecule has 0 saturated heterocycles. The minimum absolute atomic E-state index is 0.431. The van der Waals surface area contributed by atoms with E-state index in [2.05, 4.69) is 0 Å². The maximum absolute atomic E-state index is 12.1. The van der Waals surface area contributed by atoms with E-state index in [1.165, 1.54) is 0 Å². The zero-order valence-corrected chi connectivity index (χ0v) is 18.8. The Labute approximate surface area is 194 Å². The number of ether oxygens (including phenoxy) is 2. The predicted octanol–water partition coefficient (Wildman–Crippen LogP) is 5.93. The van der Waals surface area contributed by atoms with E-state index >= 15 is 0 Å². The van der Waals surface area contributed by atoms with Gasteiger partial charge in [-0.15, -0.1) is 0 Å². The summed E-state index contributed by atoms with van der Waals surface area (Å²) in [5, 5.41) is 12.1. The predicted molar refractivity (Wildman–Crippen MR) is 133 cm³/mol. The summed E-state index contributed by atoms with van der Waals surface area (Å²) in [5.74, 6) is 1.30. The number of methoxy groups -OCH3 is 2. The van der Waals surface area contributed by atoms with Crippen LogP contribution in [-0.4, -0.2) is 25.5 Å². The molecule has 1 unspecified atom stereocenters. The molecule has 166 valence electrons. The Morgan fingerprint density at radius 3 is 2.09 bits per heavy atom. The second kappa shape index (κ2) is 10.2. The first-order valence-corrected chi connectivity index (χ1v) is 10.8. The lowest BCUT2D eigenvalue weighted by molar-refractivity contribution is 0.0817. The van der Waals surface area contributed by atoms with Gasteiger partial charge < -0.3 is 14.6 Å². The van der Waals surface area contributed by atoms with E-state index in [0.29, 0.717) is 23.6 Å². The fourth-order valence-electron chi connectivity index (χ4n) is 3.97. The van der Waals surface area contributed by atoms with Crippen LogP contribution >= 0.6 is 0 Å². The monoisotopic (exact) mass is 437 g/mol. The minimum Gasteiger partial charge on any atom is -0.493 e. The molecule has 0 amide bonds. The molecule has 0 aromatic heterocycles. The molecule has 4 rings (SSSR count). The minimum atomic E-state index is -1.24. The molecule has 0 bridgehead atoms. The molecule has 4 nitrogen and oxygen atoms in total. The lowest BCUT2D eigenvalue weighted by Crippen LogP contribution is -2.30. The van der Waals surface area contributed by atoms with Crippen LogP contribution in [0.5, 0.6) is 11.5 Å². The van der Waals surface area contributed by atoms with Gasteiger partial charge in [0.15, 0.2) is 11.5 Å². The van der Waals surface area contributed by atoms with Crippen LogP contribution in [0.1, 0.15) is 22.3 Å². The number of hydrogen-bond acceptors (Lipinski definition) is 4. The maximum Gasteiger partial charge on any atom is 0.161 e. The van der Waals surface area contributed by atoms with E-state index in [1.807, 2.05) is 103 Å². The van der Waals surface area contributed by atoms with Gasteiger partial charge in [-0.25, -0.2) is 0 Å². The van der Waals surface area contributed by atoms with Crippen molar-refractivity contribution in [1.29, 1.82) is 0 Å². The van der Waals surface area contributed by atoms with Crippen LogP contribution in [-0.2, 0) is 12.0 Å². The molecule has 0 saturated carbocycles. The third kappa shape index (κ3) is 4.97. The number of aliphatic hydroxyl groups is 1. The van der Waals surface area contributed by atoms with Crippen molar-refractivity contribution in [2.45, 2.75) is 12.0 Å². The highest BCUT2D eigenvalue weighted by atomic mass is 16.5. The van der Waals surface area contributed by atoms with Crippen molar-refractivity contribution in [1.82, 2.24) is 0 Å². The Hall–Kier alpha value is -3.89. The molecule has 0 aliphatic carbocycles. The standard InChI is InChI=1S/C29H27NO3/c1-32-27-18-17-23(19-28(27)33-2)21-30-26-16-10-9-15-25(26)29(31,24-13-7-4-8-14-24)20-22-11-5-3-6-12-22/h3-19,21,31H,20H2,1-2H3. The molecule has 33 heavy (non-hydrogen) atoms. The smallest absolute Gasteiger partial charge is 0.161 e. The summed E-state index contributed by atoms with van der Waals surface area (Å²) >= 11 is 0. The highest BCUT2D eigenvalue weighted by Gasteiger charge is 2.33. The lowest BCUT2D eigenvalue weighted by atomic mass is 9.80. The van der Waals surface area contributed by atoms with Gasteiger partial charge in [0.1, 0.15) is 5.60 Å². The van der Waals surface area contributed by atoms with E-state index < -0.39 is 5.60 Å². The van der Waals surface area contributed by atoms with Crippen LogP contribution in [0, 0.1) is 0 Å². The molecule has 0 aliphatic heterocycles. The van der Waals surface area contributed by atoms with E-state index in [4.69, 9.17) is 14.5 Å². The molecule has 0 radical (unpaired) electrons. The fourth-order valence-corrected chi connectivity index (χ4v) is 3.97. The zero-order chi connectivity index (χ0) is 23.1. The normalized spacial score (nSPS) is 12.9. The Kier molecular flexibility index (Phi) is 6.86. The number of aliphatic imine (C=N–C) groups is 1. The molecule has 1 atom stereocenters. The largest absolute Gasteiger partial charge is 0.493 e. The molecule has 0 aliphatic rings. The van der Waals surface area contributed by atoms with Crippen LogP contribution in [0.25, 0.3) is 0 Å². The summed E-state index contributed by atoms with van der Waals surface area (Å²) in [6.07, 6.45) is 2.20. The van der Waals surface area contributed by atoms with Crippen molar-refractivity contribution in [2.24, 2.45) is 4.99 Å². The molecular weight excluding hydrogens is 410 g/mol. The number of rotatable bonds is 8. The van der Waals surface area contributed by atoms with E-state index in [1.54, 1.807) is 20.4 Å². The first-order chi connectivity index (χ1) is 16.1. The average Bonchev–Trinajstić information content (AvgIpc) is 2.88. The van der Waals surface area contributed by atoms with Gasteiger partial charge in [-0.2, -0.15) is 0 Å². The van der Waals surface area contributed by atoms with Crippen LogP contribution in [0.3, 0.4) is 0 Å². The van der Waals surface area contributed by atoms with E-state index in [0.717, 1.165) is 22.3 Å². The second-order valence-corrected chi connectivity index (χ2v) is 7.78. The summed E-state index contributed by atoms with van der Waals surface area (Å²) < 4.78 is 10.7. The van der Waals surface area contributed by atoms with Gasteiger partial charge in [-0.05, 0) is 41.0 Å². The van der Waals surface area contributed by atoms with Crippen molar-refractivity contribution in [3.8, 4) is 11.5 Å². The van der Waals surface area contributed by atoms with Crippen LogP contribution < -0.4 is 9.47 Å². The molecule has 4 heteroatoms. The molecule has 1 N–H and O–H groups in total. The Bertz CT molecular complexity index is 1220. The van der Waals surface area contributed by atoms with Crippen molar-refractivity contribution in [2.75, 3.05) is 14.2 Å². The third-order valence-electron chi connectivity index (χ3n) is 5.66. The van der Waals surface area contributed by atoms with E-state index in [9.17, 15) is 5.11 Å². The molecule has 4 aromatic carbocycles. The number of benzene rings is 4. The van der Waals surface area contributed by atoms with Crippen LogP contribution in [0.15, 0.2) is 108 Å². The zero-order valence-electron chi connectivity index (χ0n) is 18.8. The fraction of sp³-hybridized carbons (Fsp3) is 0.138. The van der Waals surface area contributed by atoms with Crippen molar-refractivity contribution in [3.05, 3.63) is 125 Å². The first-order valence-electron chi connectivity index (χ1n) is 10.8. The Balaban J connectivity index is 1.77. The topological polar surface area (TPSA) is 51.0 Å². The summed E-state index contributed by atoms with van der Waals surface area (Å²) in [6.45, 7) is 0. The third-order valence-corrected chi connectivity index (χ3v) is 5.66. The molecular formula is C29H27NO3. The lowest BCUT2D eigenvalue weighted by Gasteiger charge is -2.30. The molecule has 4 aromatic rings. The molecule has 0 heterocycles. The summed E-state index contributed by atoms with van der Waals surface area (Å²) in [4.78, 5) is 4.76. The summed E-state index contributed by atoms with van der Waals surface area (Å²) in [5.41, 5.74) is 2.94. The van der Waals surface area contributed by atoms with Crippen molar-refractivity contribution >= 4 is 11.9 Å². The Morgan fingerprint density at radius 2 is 1.39 bits per heavy atom. The summed E-state index contributed by atoms with van der Waals surface area (Å²) in [7, 11) is 3.22. The average molecular weight is 438 g/mol. The van der Waals surface area contributed by atoms with Crippen LogP contribution in [0.2, 0.25) is 0 Å². The van der Waals surface area contributed by atoms with Gasteiger partial charge in [0.05, 0.1) is 19.9 Å². The van der Waals surface area contributed by atoms with Gasteiger partial charge in [0.2, 0.25) is 0 Å². The van der Waals surface area contributed by atoms with Crippen molar-refractivity contribution < 1.29 is 14.6 Å². The summed E-state index contributed by atoms with van der Waals surface area (Å²) in [6, 6.07) is 33.1. The highest BCUT2D eigenvalue weighted by molar-refractivity contribution is 5.83. The van der Waals surface area contributed by atoms with Gasteiger partial charge in [-0.1, -0.05) is 78.9 Å². The Morgan fingerprint density at radius 1 is 0.758 bits per heavy atom. The number of nitrogens with zero attached hydrogens (tertiary/aromatic N) is 1. The second-order valence-electron chi connectivity index (χ2n) is 7.78. The highest BCUT2D eigenvalue weighted by Crippen LogP contribution is 2.38. The van der Waals surface area contributed by atoms with Crippen LogP contribution in [0.4, 0.5) is 5.69 Å². The van der Waals surface area contributed by atoms with Gasteiger partial charge in [0.25, 0.3) is 0 Å². The quantitative estimate of drug-likeness (QED) is 0.348. The number of hydrogen-bond donors (Lipinski definition) is 1. The van der Waals surface area contributed by atoms with Crippen molar-refractivity contribution in [3.63, 3.8) is 0 Å². The number of para-hydroxylation sites is 1. The van der Waals surface area contributed by atoms with Gasteiger partial charge in [0, 0.05) is 18.2 Å². The SMILES string of the molecule is COc1ccc(C=Nc2ccccc2C(O)(Cc2ccccc2)c2ccccc2)cc1OC. The molecule has 0 fully saturated rings. The van der Waals surface area contributed by atoms with Gasteiger partial charge in [-0.3, -0.25) is 4.99 Å². The maximum atomic E-state index is 12.1. The molecule has 0 spiro atoms. The first kappa shape index (κ1) is 22.3. The van der Waals surface area contributed by atoms with Gasteiger partial charge >= 0.3 is 0 Å².